The molecule has 5 heteroatoms. The summed E-state index contributed by atoms with van der Waals surface area (Å²) in [5, 5.41) is 8.78. The van der Waals surface area contributed by atoms with Crippen molar-refractivity contribution >= 4 is 5.97 Å². The zero-order valence-corrected chi connectivity index (χ0v) is 8.56. The minimum Gasteiger partial charge on any atom is -0.480 e. The highest BCUT2D eigenvalue weighted by Gasteiger charge is 2.21. The largest absolute Gasteiger partial charge is 0.480 e. The normalized spacial score (nSPS) is 13.2. The maximum atomic E-state index is 10.7. The third-order valence-electron chi connectivity index (χ3n) is 2.11. The molecule has 0 aliphatic rings. The van der Waals surface area contributed by atoms with Gasteiger partial charge in [-0.15, -0.1) is 0 Å². The Kier molecular flexibility index (Phi) is 2.90. The first-order valence-corrected chi connectivity index (χ1v) is 4.47. The molecular weight excluding hydrogens is 182 g/mol. The van der Waals surface area contributed by atoms with Crippen LogP contribution in [0.1, 0.15) is 37.4 Å². The van der Waals surface area contributed by atoms with Crippen molar-refractivity contribution in [2.75, 3.05) is 0 Å². The van der Waals surface area contributed by atoms with Crippen molar-refractivity contribution in [2.24, 2.45) is 5.73 Å². The molecule has 0 radical (unpaired) electrons. The smallest absolute Gasteiger partial charge is 0.326 e. The molecule has 3 N–H and O–H groups in total. The van der Waals surface area contributed by atoms with E-state index in [1.54, 1.807) is 0 Å². The van der Waals surface area contributed by atoms with Crippen molar-refractivity contribution in [3.8, 4) is 0 Å². The molecule has 1 aromatic rings. The van der Waals surface area contributed by atoms with Crippen LogP contribution in [0.15, 0.2) is 6.20 Å². The van der Waals surface area contributed by atoms with Gasteiger partial charge in [0.1, 0.15) is 11.9 Å². The van der Waals surface area contributed by atoms with Crippen LogP contribution in [-0.4, -0.2) is 20.6 Å². The number of hydrogen-bond donors (Lipinski definition) is 2. The maximum absolute atomic E-state index is 10.7. The number of carboxylic acids is 1. The molecule has 0 saturated carbocycles. The van der Waals surface area contributed by atoms with E-state index < -0.39 is 12.0 Å². The number of imidazole rings is 1. The highest BCUT2D eigenvalue weighted by Crippen LogP contribution is 2.18. The van der Waals surface area contributed by atoms with Crippen LogP contribution in [0, 0.1) is 6.92 Å². The molecule has 1 heterocycles. The second-order valence-electron chi connectivity index (χ2n) is 3.51. The number of aliphatic carboxylic acids is 1. The van der Waals surface area contributed by atoms with Crippen molar-refractivity contribution < 1.29 is 9.90 Å². The number of carboxylic acid groups (broad SMARTS) is 1. The Hall–Kier alpha value is -1.36. The Labute approximate surface area is 82.6 Å². The highest BCUT2D eigenvalue weighted by molar-refractivity contribution is 5.74. The van der Waals surface area contributed by atoms with Gasteiger partial charge in [0.25, 0.3) is 0 Å². The SMILES string of the molecule is Cc1ncc(C(N)C(=O)O)n1C(C)C. The fourth-order valence-corrected chi connectivity index (χ4v) is 1.50. The lowest BCUT2D eigenvalue weighted by Gasteiger charge is -2.16. The van der Waals surface area contributed by atoms with Gasteiger partial charge in [-0.1, -0.05) is 0 Å². The molecule has 1 aromatic heterocycles. The van der Waals surface area contributed by atoms with Gasteiger partial charge in [0.15, 0.2) is 0 Å². The van der Waals surface area contributed by atoms with Gasteiger partial charge in [-0.05, 0) is 20.8 Å². The van der Waals surface area contributed by atoms with E-state index >= 15 is 0 Å². The van der Waals surface area contributed by atoms with Gasteiger partial charge in [0.05, 0.1) is 11.9 Å². The Bertz CT molecular complexity index is 344. The van der Waals surface area contributed by atoms with E-state index in [0.29, 0.717) is 5.69 Å². The molecule has 5 nitrogen and oxygen atoms in total. The Morgan fingerprint density at radius 2 is 2.21 bits per heavy atom. The van der Waals surface area contributed by atoms with Crippen molar-refractivity contribution in [1.29, 1.82) is 0 Å². The number of aromatic nitrogens is 2. The summed E-state index contributed by atoms with van der Waals surface area (Å²) in [4.78, 5) is 14.8. The van der Waals surface area contributed by atoms with Gasteiger partial charge >= 0.3 is 5.97 Å². The van der Waals surface area contributed by atoms with Gasteiger partial charge in [0, 0.05) is 6.04 Å². The quantitative estimate of drug-likeness (QED) is 0.752. The minimum absolute atomic E-state index is 0.165. The Morgan fingerprint density at radius 1 is 1.64 bits per heavy atom. The lowest BCUT2D eigenvalue weighted by Crippen LogP contribution is -2.24. The standard InChI is InChI=1S/C9H15N3O2/c1-5(2)12-6(3)11-4-7(12)8(10)9(13)14/h4-5,8H,10H2,1-3H3,(H,13,14). The Morgan fingerprint density at radius 3 is 2.64 bits per heavy atom. The van der Waals surface area contributed by atoms with Crippen LogP contribution >= 0.6 is 0 Å². The summed E-state index contributed by atoms with van der Waals surface area (Å²) in [6.07, 6.45) is 1.52. The number of carbonyl (C=O) groups is 1. The molecule has 1 unspecified atom stereocenters. The van der Waals surface area contributed by atoms with Crippen LogP contribution in [0.25, 0.3) is 0 Å². The molecule has 0 spiro atoms. The number of nitrogens with two attached hydrogens (primary N) is 1. The molecule has 0 saturated heterocycles. The lowest BCUT2D eigenvalue weighted by atomic mass is 10.2. The van der Waals surface area contributed by atoms with Gasteiger partial charge in [-0.3, -0.25) is 4.79 Å². The summed E-state index contributed by atoms with van der Waals surface area (Å²) in [7, 11) is 0. The molecular formula is C9H15N3O2. The summed E-state index contributed by atoms with van der Waals surface area (Å²) >= 11 is 0. The third-order valence-corrected chi connectivity index (χ3v) is 2.11. The maximum Gasteiger partial charge on any atom is 0.326 e. The summed E-state index contributed by atoms with van der Waals surface area (Å²) < 4.78 is 1.83. The monoisotopic (exact) mass is 197 g/mol. The lowest BCUT2D eigenvalue weighted by molar-refractivity contribution is -0.138. The van der Waals surface area contributed by atoms with Gasteiger partial charge in [-0.2, -0.15) is 0 Å². The van der Waals surface area contributed by atoms with Crippen LogP contribution in [0.2, 0.25) is 0 Å². The predicted octanol–water partition coefficient (Wildman–Crippen LogP) is 0.857. The number of rotatable bonds is 3. The van der Waals surface area contributed by atoms with Gasteiger partial charge in [0.2, 0.25) is 0 Å². The fourth-order valence-electron chi connectivity index (χ4n) is 1.50. The van der Waals surface area contributed by atoms with Crippen molar-refractivity contribution in [3.05, 3.63) is 17.7 Å². The van der Waals surface area contributed by atoms with Crippen molar-refractivity contribution in [3.63, 3.8) is 0 Å². The fraction of sp³-hybridized carbons (Fsp3) is 0.556. The first-order chi connectivity index (χ1) is 6.45. The van der Waals surface area contributed by atoms with Gasteiger partial charge in [-0.25, -0.2) is 4.98 Å². The van der Waals surface area contributed by atoms with Crippen LogP contribution in [0.4, 0.5) is 0 Å². The molecule has 0 bridgehead atoms. The molecule has 0 amide bonds. The molecule has 1 atom stereocenters. The zero-order chi connectivity index (χ0) is 10.9. The van der Waals surface area contributed by atoms with E-state index in [4.69, 9.17) is 10.8 Å². The molecule has 1 rings (SSSR count). The third kappa shape index (κ3) is 1.77. The summed E-state index contributed by atoms with van der Waals surface area (Å²) in [6.45, 7) is 5.76. The van der Waals surface area contributed by atoms with Crippen molar-refractivity contribution in [2.45, 2.75) is 32.9 Å². The van der Waals surface area contributed by atoms with Crippen molar-refractivity contribution in [1.82, 2.24) is 9.55 Å². The van der Waals surface area contributed by atoms with Gasteiger partial charge < -0.3 is 15.4 Å². The second-order valence-corrected chi connectivity index (χ2v) is 3.51. The number of nitrogens with zero attached hydrogens (tertiary/aromatic N) is 2. The van der Waals surface area contributed by atoms with Crippen LogP contribution in [0.3, 0.4) is 0 Å². The van der Waals surface area contributed by atoms with E-state index in [-0.39, 0.29) is 6.04 Å². The molecule has 14 heavy (non-hydrogen) atoms. The van der Waals surface area contributed by atoms with E-state index in [9.17, 15) is 4.79 Å². The topological polar surface area (TPSA) is 81.1 Å². The number of aryl methyl sites for hydroxylation is 1. The van der Waals surface area contributed by atoms with Crippen LogP contribution in [0.5, 0.6) is 0 Å². The van der Waals surface area contributed by atoms with E-state index in [0.717, 1.165) is 5.82 Å². The minimum atomic E-state index is -1.04. The number of hydrogen-bond acceptors (Lipinski definition) is 3. The first kappa shape index (κ1) is 10.7. The molecule has 0 aliphatic heterocycles. The molecule has 78 valence electrons. The Balaban J connectivity index is 3.15. The summed E-state index contributed by atoms with van der Waals surface area (Å²) in [5.74, 6) is -0.251. The van der Waals surface area contributed by atoms with Crippen LogP contribution < -0.4 is 5.73 Å². The molecule has 0 aliphatic carbocycles. The van der Waals surface area contributed by atoms with E-state index in [2.05, 4.69) is 4.98 Å². The molecule has 0 aromatic carbocycles. The first-order valence-electron chi connectivity index (χ1n) is 4.47. The summed E-state index contributed by atoms with van der Waals surface area (Å²) in [5.41, 5.74) is 6.08. The second kappa shape index (κ2) is 3.79. The average Bonchev–Trinajstić information content (AvgIpc) is 2.45. The highest BCUT2D eigenvalue weighted by atomic mass is 16.4. The predicted molar refractivity (Wildman–Crippen MR) is 51.9 cm³/mol. The van der Waals surface area contributed by atoms with E-state index in [1.165, 1.54) is 6.20 Å². The zero-order valence-electron chi connectivity index (χ0n) is 8.56. The van der Waals surface area contributed by atoms with Crippen LogP contribution in [-0.2, 0) is 4.79 Å². The average molecular weight is 197 g/mol. The molecule has 0 fully saturated rings. The summed E-state index contributed by atoms with van der Waals surface area (Å²) in [6, 6.07) is -0.837. The van der Waals surface area contributed by atoms with E-state index in [1.807, 2.05) is 25.3 Å².